The zero-order valence-corrected chi connectivity index (χ0v) is 46.7. The van der Waals surface area contributed by atoms with Crippen LogP contribution in [0.3, 0.4) is 0 Å². The summed E-state index contributed by atoms with van der Waals surface area (Å²) in [7, 11) is 0. The van der Waals surface area contributed by atoms with E-state index in [4.69, 9.17) is 4.74 Å². The van der Waals surface area contributed by atoms with Crippen LogP contribution in [0.4, 0.5) is 0 Å². The molecular formula is C64H73N3O7S3. The molecule has 5 N–H and O–H groups in total. The van der Waals surface area contributed by atoms with E-state index in [0.29, 0.717) is 24.3 Å². The molecule has 0 fully saturated rings. The minimum atomic E-state index is -1.30. The summed E-state index contributed by atoms with van der Waals surface area (Å²) in [5.41, 5.74) is 6.32. The number of carbonyl (C=O) groups is 4. The highest BCUT2D eigenvalue weighted by atomic mass is 32.2. The fourth-order valence-electron chi connectivity index (χ4n) is 9.39. The first kappa shape index (κ1) is 59.9. The first-order valence-electron chi connectivity index (χ1n) is 26.3. The standard InChI is InChI=1S/C64H73N3O7S3/c1-5-41-74-59(71)45-57(69)60(47(3)6-2)67-62(73)56(46-77-64(51-33-19-10-20-34-51,52-35-21-11-22-36-52)53-37-23-12-24-38-53)66-61(72)55(40-43-75-4)65-58(70)44-54(68)39-25-26-42-76-63(48-27-13-7-14-28-48,49-29-15-8-16-30-49)50-31-17-9-18-32-50/h5,7-25,27-39,47,54-57,60,68-69H,1,6,26,40-46H2,2-4H3,(H,65,70)(H,66,72)(H,67,73)/b39-25+/t47-,54+,55+,56+,57-,60+/m0/s1. The van der Waals surface area contributed by atoms with Crippen LogP contribution in [0.15, 0.2) is 207 Å². The Balaban J connectivity index is 1.22. The van der Waals surface area contributed by atoms with Gasteiger partial charge in [0.1, 0.15) is 18.7 Å². The highest BCUT2D eigenvalue weighted by Crippen LogP contribution is 2.50. The molecule has 0 aromatic heterocycles. The highest BCUT2D eigenvalue weighted by Gasteiger charge is 2.41. The number of carbonyl (C=O) groups excluding carboxylic acids is 4. The molecule has 0 heterocycles. The van der Waals surface area contributed by atoms with Crippen molar-refractivity contribution in [2.24, 2.45) is 5.92 Å². The molecule has 0 unspecified atom stereocenters. The molecule has 6 aromatic rings. The molecule has 0 aliphatic carbocycles. The predicted molar refractivity (Wildman–Crippen MR) is 318 cm³/mol. The lowest BCUT2D eigenvalue weighted by atomic mass is 9.84. The summed E-state index contributed by atoms with van der Waals surface area (Å²) in [6, 6.07) is 58.2. The Bertz CT molecular complexity index is 2560. The molecular weight excluding hydrogens is 1020 g/mol. The Morgan fingerprint density at radius 2 is 1.03 bits per heavy atom. The van der Waals surface area contributed by atoms with Crippen LogP contribution in [0.2, 0.25) is 0 Å². The largest absolute Gasteiger partial charge is 0.461 e. The number of aliphatic hydroxyl groups is 2. The highest BCUT2D eigenvalue weighted by molar-refractivity contribution is 8.01. The molecule has 6 rings (SSSR count). The number of esters is 1. The van der Waals surface area contributed by atoms with Gasteiger partial charge in [0.15, 0.2) is 0 Å². The van der Waals surface area contributed by atoms with Crippen molar-refractivity contribution in [2.45, 2.75) is 85.8 Å². The SMILES string of the molecule is C=CCOC(=O)C[C@H](O)[C@H](NC(=O)[C@@H](CSC(c1ccccc1)(c1ccccc1)c1ccccc1)NC(=O)[C@@H](CCSC)NC(=O)C[C@H](O)/C=C/CCSC(c1ccccc1)(c1ccccc1)c1ccccc1)[C@@H](C)CC. The van der Waals surface area contributed by atoms with Gasteiger partial charge in [-0.15, -0.1) is 23.5 Å². The lowest BCUT2D eigenvalue weighted by molar-refractivity contribution is -0.145. The molecule has 0 saturated carbocycles. The van der Waals surface area contributed by atoms with Gasteiger partial charge in [-0.25, -0.2) is 0 Å². The molecule has 13 heteroatoms. The van der Waals surface area contributed by atoms with Crippen LogP contribution < -0.4 is 16.0 Å². The van der Waals surface area contributed by atoms with Gasteiger partial charge in [0.25, 0.3) is 0 Å². The number of rotatable bonds is 31. The summed E-state index contributed by atoms with van der Waals surface area (Å²) in [4.78, 5) is 56.1. The lowest BCUT2D eigenvalue weighted by Crippen LogP contribution is -2.58. The van der Waals surface area contributed by atoms with E-state index < -0.39 is 63.5 Å². The molecule has 6 aromatic carbocycles. The van der Waals surface area contributed by atoms with Crippen LogP contribution >= 0.6 is 35.3 Å². The third-order valence-electron chi connectivity index (χ3n) is 13.5. The van der Waals surface area contributed by atoms with Crippen molar-refractivity contribution in [3.8, 4) is 0 Å². The summed E-state index contributed by atoms with van der Waals surface area (Å²) in [5, 5.41) is 31.6. The van der Waals surface area contributed by atoms with E-state index in [1.165, 1.54) is 29.6 Å². The predicted octanol–water partition coefficient (Wildman–Crippen LogP) is 10.9. The second-order valence-corrected chi connectivity index (χ2v) is 22.4. The normalized spacial score (nSPS) is 14.0. The fourth-order valence-corrected chi connectivity index (χ4v) is 12.9. The topological polar surface area (TPSA) is 154 Å². The Morgan fingerprint density at radius 1 is 0.597 bits per heavy atom. The van der Waals surface area contributed by atoms with Gasteiger partial charge in [-0.05, 0) is 69.9 Å². The molecule has 0 bridgehead atoms. The maximum atomic E-state index is 14.9. The molecule has 404 valence electrons. The van der Waals surface area contributed by atoms with Gasteiger partial charge in [0.05, 0.1) is 40.6 Å². The number of aliphatic hydroxyl groups excluding tert-OH is 2. The maximum absolute atomic E-state index is 14.9. The van der Waals surface area contributed by atoms with Gasteiger partial charge in [-0.1, -0.05) is 227 Å². The zero-order chi connectivity index (χ0) is 54.9. The fraction of sp³-hybridized carbons (Fsp3) is 0.312. The van der Waals surface area contributed by atoms with Crippen LogP contribution in [0, 0.1) is 5.92 Å². The van der Waals surface area contributed by atoms with E-state index in [-0.39, 0.29) is 37.5 Å². The first-order valence-corrected chi connectivity index (χ1v) is 29.6. The lowest BCUT2D eigenvalue weighted by Gasteiger charge is -2.37. The van der Waals surface area contributed by atoms with Gasteiger partial charge in [0.2, 0.25) is 17.7 Å². The Kier molecular flexibility index (Phi) is 24.2. The molecule has 3 amide bonds. The summed E-state index contributed by atoms with van der Waals surface area (Å²) in [6.07, 6.45) is 5.22. The van der Waals surface area contributed by atoms with Gasteiger partial charge in [0, 0.05) is 5.75 Å². The van der Waals surface area contributed by atoms with Crippen LogP contribution in [0.25, 0.3) is 0 Å². The average Bonchev–Trinajstić information content (AvgIpc) is 3.51. The average molecular weight is 1090 g/mol. The van der Waals surface area contributed by atoms with Gasteiger partial charge in [-0.2, -0.15) is 11.8 Å². The van der Waals surface area contributed by atoms with E-state index >= 15 is 0 Å². The number of ether oxygens (including phenoxy) is 1. The molecule has 0 aliphatic rings. The van der Waals surface area contributed by atoms with E-state index in [9.17, 15) is 29.4 Å². The molecule has 77 heavy (non-hydrogen) atoms. The van der Waals surface area contributed by atoms with Crippen molar-refractivity contribution >= 4 is 59.0 Å². The zero-order valence-electron chi connectivity index (χ0n) is 44.2. The summed E-state index contributed by atoms with van der Waals surface area (Å²) < 4.78 is 3.83. The quantitative estimate of drug-likeness (QED) is 0.0123. The van der Waals surface area contributed by atoms with Crippen molar-refractivity contribution in [2.75, 3.05) is 30.1 Å². The smallest absolute Gasteiger partial charge is 0.308 e. The van der Waals surface area contributed by atoms with E-state index in [2.05, 4.69) is 95.3 Å². The minimum Gasteiger partial charge on any atom is -0.461 e. The number of amides is 3. The summed E-state index contributed by atoms with van der Waals surface area (Å²) in [6.45, 7) is 7.38. The molecule has 0 saturated heterocycles. The number of hydrogen-bond acceptors (Lipinski definition) is 10. The van der Waals surface area contributed by atoms with Crippen LogP contribution in [0.5, 0.6) is 0 Å². The minimum absolute atomic E-state index is 0.0202. The summed E-state index contributed by atoms with van der Waals surface area (Å²) in [5.74, 6) is -1.31. The van der Waals surface area contributed by atoms with Gasteiger partial charge < -0.3 is 30.9 Å². The van der Waals surface area contributed by atoms with Crippen molar-refractivity contribution < 1.29 is 34.1 Å². The Hall–Kier alpha value is -6.35. The Labute approximate surface area is 468 Å². The third kappa shape index (κ3) is 16.6. The van der Waals surface area contributed by atoms with E-state index in [1.54, 1.807) is 6.08 Å². The Morgan fingerprint density at radius 3 is 1.44 bits per heavy atom. The van der Waals surface area contributed by atoms with E-state index in [0.717, 1.165) is 33.4 Å². The molecule has 0 spiro atoms. The first-order chi connectivity index (χ1) is 37.5. The second kappa shape index (κ2) is 31.2. The van der Waals surface area contributed by atoms with Crippen molar-refractivity contribution in [3.05, 3.63) is 240 Å². The molecule has 0 aliphatic heterocycles. The van der Waals surface area contributed by atoms with Gasteiger partial charge >= 0.3 is 5.97 Å². The summed E-state index contributed by atoms with van der Waals surface area (Å²) >= 11 is 4.80. The second-order valence-electron chi connectivity index (χ2n) is 18.8. The third-order valence-corrected chi connectivity index (χ3v) is 17.4. The molecule has 0 radical (unpaired) electrons. The maximum Gasteiger partial charge on any atom is 0.308 e. The van der Waals surface area contributed by atoms with E-state index in [1.807, 2.05) is 147 Å². The number of allylic oxidation sites excluding steroid dienone is 1. The van der Waals surface area contributed by atoms with Crippen LogP contribution in [-0.4, -0.2) is 94.4 Å². The number of hydrogen-bond donors (Lipinski definition) is 5. The number of benzene rings is 6. The monoisotopic (exact) mass is 1090 g/mol. The molecule has 6 atom stereocenters. The number of thioether (sulfide) groups is 3. The van der Waals surface area contributed by atoms with Crippen LogP contribution in [0.1, 0.15) is 79.3 Å². The molecule has 10 nitrogen and oxygen atoms in total. The van der Waals surface area contributed by atoms with Gasteiger partial charge in [-0.3, -0.25) is 19.2 Å². The van der Waals surface area contributed by atoms with Crippen molar-refractivity contribution in [1.29, 1.82) is 0 Å². The van der Waals surface area contributed by atoms with Crippen molar-refractivity contribution in [1.82, 2.24) is 16.0 Å². The van der Waals surface area contributed by atoms with Crippen LogP contribution in [-0.2, 0) is 33.4 Å². The van der Waals surface area contributed by atoms with Crippen molar-refractivity contribution in [3.63, 3.8) is 0 Å². The number of nitrogens with one attached hydrogen (secondary N) is 3.